The zero-order valence-electron chi connectivity index (χ0n) is 22.8. The van der Waals surface area contributed by atoms with Crippen LogP contribution in [0.3, 0.4) is 0 Å². The summed E-state index contributed by atoms with van der Waals surface area (Å²) in [6.45, 7) is 20.6. The lowest BCUT2D eigenvalue weighted by Gasteiger charge is -2.70. The number of nitrogens with zero attached hydrogens (tertiary/aromatic N) is 1. The molecule has 0 heterocycles. The van der Waals surface area contributed by atoms with Crippen molar-refractivity contribution in [1.82, 2.24) is 4.90 Å². The Morgan fingerprint density at radius 2 is 1.64 bits per heavy atom. The average molecular weight is 450 g/mol. The molecule has 4 aliphatic carbocycles. The van der Waals surface area contributed by atoms with E-state index in [0.717, 1.165) is 6.42 Å². The van der Waals surface area contributed by atoms with Crippen molar-refractivity contribution in [1.29, 1.82) is 0 Å². The predicted octanol–water partition coefficient (Wildman–Crippen LogP) is 7.68. The molecule has 0 saturated heterocycles. The fourth-order valence-corrected chi connectivity index (χ4v) is 8.48. The van der Waals surface area contributed by atoms with Gasteiger partial charge in [0.2, 0.25) is 0 Å². The third-order valence-electron chi connectivity index (χ3n) is 11.6. The Balaban J connectivity index is 1.82. The molecule has 0 aromatic heterocycles. The van der Waals surface area contributed by atoms with Crippen molar-refractivity contribution < 1.29 is 4.79 Å². The van der Waals surface area contributed by atoms with Gasteiger partial charge in [0.05, 0.1) is 0 Å². The lowest BCUT2D eigenvalue weighted by Crippen LogP contribution is -2.63. The Morgan fingerprint density at radius 1 is 1.00 bits per heavy atom. The smallest absolute Gasteiger partial charge is 0.181 e. The molecule has 0 N–H and O–H groups in total. The van der Waals surface area contributed by atoms with Crippen LogP contribution in [0, 0.1) is 27.6 Å². The molecule has 182 valence electrons. The molecule has 4 aliphatic rings. The summed E-state index contributed by atoms with van der Waals surface area (Å²) in [5.41, 5.74) is 5.74. The van der Waals surface area contributed by atoms with Crippen LogP contribution in [0.5, 0.6) is 0 Å². The lowest BCUT2D eigenvalue weighted by atomic mass is 9.35. The molecule has 0 amide bonds. The molecule has 0 unspecified atom stereocenters. The van der Waals surface area contributed by atoms with Crippen LogP contribution in [0.25, 0.3) is 0 Å². The molecular formula is C31H47NO. The molecule has 0 bridgehead atoms. The zero-order valence-corrected chi connectivity index (χ0v) is 22.8. The highest BCUT2D eigenvalue weighted by molar-refractivity contribution is 6.04. The minimum absolute atomic E-state index is 0.0640. The van der Waals surface area contributed by atoms with E-state index in [-0.39, 0.29) is 27.6 Å². The summed E-state index contributed by atoms with van der Waals surface area (Å²) in [6.07, 6.45) is 15.5. The SMILES string of the molecule is C=C(C)C(=O)/C=C1\C(C)=CC=C2[C@@]1(C)CC[C@@]1(C)[C@@H]3C[C@](C)(N(C)C)CC[C@]3(C)CC[C@]21C. The van der Waals surface area contributed by atoms with Crippen molar-refractivity contribution in [2.24, 2.45) is 27.6 Å². The first kappa shape index (κ1) is 24.7. The topological polar surface area (TPSA) is 20.3 Å². The van der Waals surface area contributed by atoms with Crippen LogP contribution in [0.15, 0.2) is 47.1 Å². The maximum absolute atomic E-state index is 12.7. The van der Waals surface area contributed by atoms with Gasteiger partial charge in [-0.3, -0.25) is 4.79 Å². The van der Waals surface area contributed by atoms with E-state index in [1.165, 1.54) is 49.7 Å². The molecule has 0 aromatic carbocycles. The Hall–Kier alpha value is -1.41. The Morgan fingerprint density at radius 3 is 2.24 bits per heavy atom. The fourth-order valence-electron chi connectivity index (χ4n) is 8.48. The summed E-state index contributed by atoms with van der Waals surface area (Å²) >= 11 is 0. The Kier molecular flexibility index (Phi) is 5.65. The summed E-state index contributed by atoms with van der Waals surface area (Å²) < 4.78 is 0. The van der Waals surface area contributed by atoms with Gasteiger partial charge in [-0.1, -0.05) is 52.0 Å². The minimum Gasteiger partial charge on any atom is -0.304 e. The lowest BCUT2D eigenvalue weighted by molar-refractivity contribution is -0.162. The third-order valence-corrected chi connectivity index (χ3v) is 11.6. The monoisotopic (exact) mass is 449 g/mol. The first-order valence-corrected chi connectivity index (χ1v) is 13.1. The quantitative estimate of drug-likeness (QED) is 0.412. The second-order valence-electron chi connectivity index (χ2n) is 13.5. The van der Waals surface area contributed by atoms with Crippen molar-refractivity contribution in [3.63, 3.8) is 0 Å². The summed E-state index contributed by atoms with van der Waals surface area (Å²) in [7, 11) is 4.55. The second kappa shape index (κ2) is 7.54. The van der Waals surface area contributed by atoms with E-state index in [4.69, 9.17) is 0 Å². The normalized spacial score (nSPS) is 46.1. The van der Waals surface area contributed by atoms with Crippen LogP contribution >= 0.6 is 0 Å². The number of hydrogen-bond donors (Lipinski definition) is 0. The first-order chi connectivity index (χ1) is 15.1. The number of carbonyl (C=O) groups is 1. The van der Waals surface area contributed by atoms with Gasteiger partial charge in [0.25, 0.3) is 0 Å². The highest BCUT2D eigenvalue weighted by Gasteiger charge is 2.66. The second-order valence-corrected chi connectivity index (χ2v) is 13.5. The van der Waals surface area contributed by atoms with Crippen LogP contribution in [-0.2, 0) is 4.79 Å². The van der Waals surface area contributed by atoms with Crippen molar-refractivity contribution in [3.8, 4) is 0 Å². The van der Waals surface area contributed by atoms with E-state index >= 15 is 0 Å². The van der Waals surface area contributed by atoms with Gasteiger partial charge >= 0.3 is 0 Å². The third kappa shape index (κ3) is 3.33. The van der Waals surface area contributed by atoms with Crippen molar-refractivity contribution in [2.45, 2.75) is 99.0 Å². The minimum atomic E-state index is -0.0640. The van der Waals surface area contributed by atoms with Crippen LogP contribution in [0.2, 0.25) is 0 Å². The molecule has 4 rings (SSSR count). The van der Waals surface area contributed by atoms with E-state index in [9.17, 15) is 4.79 Å². The van der Waals surface area contributed by atoms with Gasteiger partial charge in [0.15, 0.2) is 5.78 Å². The van der Waals surface area contributed by atoms with Crippen LogP contribution < -0.4 is 0 Å². The highest BCUT2D eigenvalue weighted by Crippen LogP contribution is 2.74. The highest BCUT2D eigenvalue weighted by atomic mass is 16.1. The van der Waals surface area contributed by atoms with E-state index in [2.05, 4.69) is 79.3 Å². The van der Waals surface area contributed by atoms with Gasteiger partial charge in [-0.2, -0.15) is 0 Å². The molecule has 33 heavy (non-hydrogen) atoms. The molecule has 3 saturated carbocycles. The standard InChI is InChI=1S/C31H47NO/c1-21(2)24(33)19-23-22(3)11-12-25-29(23,6)16-18-31(8)26-20-28(5,32(9)10)15-13-27(26,4)14-17-30(25,31)7/h11-12,19,26H,1,13-18,20H2,2-10H3/b23-19+/t26-,27-,28-,29+,30-,31+/m1/s1. The Labute approximate surface area is 203 Å². The molecule has 0 aromatic rings. The summed E-state index contributed by atoms with van der Waals surface area (Å²) in [5.74, 6) is 0.788. The van der Waals surface area contributed by atoms with Crippen LogP contribution in [0.4, 0.5) is 0 Å². The molecule has 2 nitrogen and oxygen atoms in total. The number of hydrogen-bond acceptors (Lipinski definition) is 2. The molecule has 0 radical (unpaired) electrons. The molecule has 0 aliphatic heterocycles. The van der Waals surface area contributed by atoms with E-state index in [0.29, 0.717) is 16.9 Å². The van der Waals surface area contributed by atoms with Gasteiger partial charge in [-0.15, -0.1) is 0 Å². The number of carbonyl (C=O) groups excluding carboxylic acids is 1. The van der Waals surface area contributed by atoms with E-state index in [1.54, 1.807) is 5.57 Å². The van der Waals surface area contributed by atoms with Crippen LogP contribution in [0.1, 0.15) is 93.4 Å². The van der Waals surface area contributed by atoms with E-state index < -0.39 is 0 Å². The maximum Gasteiger partial charge on any atom is 0.181 e. The van der Waals surface area contributed by atoms with Crippen molar-refractivity contribution in [2.75, 3.05) is 14.1 Å². The average Bonchev–Trinajstić information content (AvgIpc) is 2.73. The van der Waals surface area contributed by atoms with Crippen molar-refractivity contribution >= 4 is 5.78 Å². The number of ketones is 1. The summed E-state index contributed by atoms with van der Waals surface area (Å²) in [4.78, 5) is 15.2. The number of allylic oxidation sites excluding steroid dienone is 7. The molecule has 2 heteroatoms. The predicted molar refractivity (Wildman–Crippen MR) is 140 cm³/mol. The van der Waals surface area contributed by atoms with Crippen molar-refractivity contribution in [3.05, 3.63) is 47.1 Å². The van der Waals surface area contributed by atoms with Gasteiger partial charge in [0.1, 0.15) is 0 Å². The Bertz CT molecular complexity index is 981. The summed E-state index contributed by atoms with van der Waals surface area (Å²) in [5, 5.41) is 0. The summed E-state index contributed by atoms with van der Waals surface area (Å²) in [6, 6.07) is 0. The number of fused-ring (bicyclic) bond motifs is 5. The molecule has 3 fully saturated rings. The van der Waals surface area contributed by atoms with Gasteiger partial charge in [0, 0.05) is 11.0 Å². The van der Waals surface area contributed by atoms with Crippen LogP contribution in [-0.4, -0.2) is 30.3 Å². The first-order valence-electron chi connectivity index (χ1n) is 13.1. The van der Waals surface area contributed by atoms with Gasteiger partial charge in [-0.05, 0) is 125 Å². The molecule has 6 atom stereocenters. The molecule has 0 spiro atoms. The largest absolute Gasteiger partial charge is 0.304 e. The molecular weight excluding hydrogens is 402 g/mol. The maximum atomic E-state index is 12.7. The van der Waals surface area contributed by atoms with Gasteiger partial charge < -0.3 is 4.90 Å². The fraction of sp³-hybridized carbons (Fsp3) is 0.710. The van der Waals surface area contributed by atoms with E-state index in [1.807, 2.05) is 13.0 Å². The number of rotatable bonds is 3. The van der Waals surface area contributed by atoms with Gasteiger partial charge in [-0.25, -0.2) is 0 Å². The zero-order chi connectivity index (χ0) is 24.6.